The number of hydrogen-bond acceptors (Lipinski definition) is 4. The normalized spacial score (nSPS) is 29.8. The van der Waals surface area contributed by atoms with Crippen molar-refractivity contribution in [3.8, 4) is 0 Å². The summed E-state index contributed by atoms with van der Waals surface area (Å²) in [5.41, 5.74) is -0.210. The molecule has 2 fully saturated rings. The number of rotatable bonds is 4. The molecule has 2 rings (SSSR count). The zero-order valence-corrected chi connectivity index (χ0v) is 11.2. The van der Waals surface area contributed by atoms with Crippen molar-refractivity contribution in [3.05, 3.63) is 0 Å². The minimum absolute atomic E-state index is 0.0723. The summed E-state index contributed by atoms with van der Waals surface area (Å²) in [6.07, 6.45) is 2.91. The molecule has 2 heterocycles. The molecular weight excluding hydrogens is 232 g/mol. The molecule has 2 aliphatic rings. The van der Waals surface area contributed by atoms with Crippen LogP contribution in [0.2, 0.25) is 0 Å². The SMILES string of the molecule is CC1(C(=O)N2CCC(OCCO)CC2)CCNC1. The predicted octanol–water partition coefficient (Wildman–Crippen LogP) is -0.0141. The minimum Gasteiger partial charge on any atom is -0.394 e. The van der Waals surface area contributed by atoms with Gasteiger partial charge in [-0.2, -0.15) is 0 Å². The van der Waals surface area contributed by atoms with Gasteiger partial charge in [-0.05, 0) is 32.7 Å². The van der Waals surface area contributed by atoms with Gasteiger partial charge in [-0.1, -0.05) is 0 Å². The van der Waals surface area contributed by atoms with E-state index in [2.05, 4.69) is 12.2 Å². The van der Waals surface area contributed by atoms with Gasteiger partial charge in [0.1, 0.15) is 0 Å². The highest BCUT2D eigenvalue weighted by Gasteiger charge is 2.40. The molecule has 0 radical (unpaired) electrons. The molecule has 1 amide bonds. The molecular formula is C13H24N2O3. The summed E-state index contributed by atoms with van der Waals surface area (Å²) in [6.45, 7) is 5.84. The molecule has 0 aliphatic carbocycles. The van der Waals surface area contributed by atoms with Gasteiger partial charge >= 0.3 is 0 Å². The number of nitrogens with one attached hydrogen (secondary N) is 1. The first-order valence-corrected chi connectivity index (χ1v) is 6.88. The Balaban J connectivity index is 1.80. The van der Waals surface area contributed by atoms with Crippen molar-refractivity contribution in [1.82, 2.24) is 10.2 Å². The van der Waals surface area contributed by atoms with Crippen LogP contribution in [0.5, 0.6) is 0 Å². The van der Waals surface area contributed by atoms with Crippen molar-refractivity contribution in [1.29, 1.82) is 0 Å². The number of piperidine rings is 1. The predicted molar refractivity (Wildman–Crippen MR) is 68.2 cm³/mol. The lowest BCUT2D eigenvalue weighted by Gasteiger charge is -2.36. The summed E-state index contributed by atoms with van der Waals surface area (Å²) in [6, 6.07) is 0. The Bertz CT molecular complexity index is 282. The van der Waals surface area contributed by atoms with Gasteiger partial charge in [0.05, 0.1) is 24.7 Å². The highest BCUT2D eigenvalue weighted by Crippen LogP contribution is 2.28. The molecule has 0 aromatic carbocycles. The molecule has 0 aromatic rings. The van der Waals surface area contributed by atoms with Crippen LogP contribution in [-0.4, -0.2) is 61.4 Å². The third-order valence-electron chi connectivity index (χ3n) is 4.06. The number of ether oxygens (including phenoxy) is 1. The molecule has 2 saturated heterocycles. The van der Waals surface area contributed by atoms with Gasteiger partial charge in [0.25, 0.3) is 0 Å². The number of carbonyl (C=O) groups excluding carboxylic acids is 1. The number of amides is 1. The topological polar surface area (TPSA) is 61.8 Å². The molecule has 2 N–H and O–H groups in total. The number of hydrogen-bond donors (Lipinski definition) is 2. The van der Waals surface area contributed by atoms with Crippen LogP contribution in [0.4, 0.5) is 0 Å². The van der Waals surface area contributed by atoms with E-state index in [4.69, 9.17) is 9.84 Å². The maximum absolute atomic E-state index is 12.4. The van der Waals surface area contributed by atoms with Gasteiger partial charge in [0.2, 0.25) is 5.91 Å². The standard InChI is InChI=1S/C13H24N2O3/c1-13(4-5-14-10-13)12(17)15-6-2-11(3-7-15)18-9-8-16/h11,14,16H,2-10H2,1H3. The van der Waals surface area contributed by atoms with Crippen LogP contribution in [0.3, 0.4) is 0 Å². The van der Waals surface area contributed by atoms with Crippen molar-refractivity contribution in [3.63, 3.8) is 0 Å². The van der Waals surface area contributed by atoms with E-state index in [0.29, 0.717) is 6.61 Å². The molecule has 0 spiro atoms. The average molecular weight is 256 g/mol. The molecule has 104 valence electrons. The first-order valence-electron chi connectivity index (χ1n) is 6.88. The maximum Gasteiger partial charge on any atom is 0.229 e. The molecule has 1 unspecified atom stereocenters. The number of carbonyl (C=O) groups is 1. The molecule has 0 saturated carbocycles. The van der Waals surface area contributed by atoms with E-state index in [1.807, 2.05) is 4.90 Å². The van der Waals surface area contributed by atoms with E-state index in [1.165, 1.54) is 0 Å². The molecule has 0 bridgehead atoms. The number of nitrogens with zero attached hydrogens (tertiary/aromatic N) is 1. The van der Waals surface area contributed by atoms with Crippen molar-refractivity contribution in [2.75, 3.05) is 39.4 Å². The summed E-state index contributed by atoms with van der Waals surface area (Å²) in [4.78, 5) is 14.4. The monoisotopic (exact) mass is 256 g/mol. The molecule has 5 heteroatoms. The van der Waals surface area contributed by atoms with Crippen LogP contribution in [-0.2, 0) is 9.53 Å². The smallest absolute Gasteiger partial charge is 0.229 e. The fourth-order valence-electron chi connectivity index (χ4n) is 2.83. The second-order valence-corrected chi connectivity index (χ2v) is 5.57. The maximum atomic E-state index is 12.4. The number of likely N-dealkylation sites (tertiary alicyclic amines) is 1. The minimum atomic E-state index is -0.210. The van der Waals surface area contributed by atoms with Gasteiger partial charge in [0, 0.05) is 19.6 Å². The van der Waals surface area contributed by atoms with Gasteiger partial charge in [-0.15, -0.1) is 0 Å². The fraction of sp³-hybridized carbons (Fsp3) is 0.923. The quantitative estimate of drug-likeness (QED) is 0.742. The molecule has 0 aromatic heterocycles. The van der Waals surface area contributed by atoms with E-state index in [9.17, 15) is 4.79 Å². The van der Waals surface area contributed by atoms with Crippen LogP contribution < -0.4 is 5.32 Å². The Morgan fingerprint density at radius 2 is 2.22 bits per heavy atom. The van der Waals surface area contributed by atoms with Crippen LogP contribution in [0, 0.1) is 5.41 Å². The third kappa shape index (κ3) is 3.02. The van der Waals surface area contributed by atoms with Gasteiger partial charge < -0.3 is 20.1 Å². The van der Waals surface area contributed by atoms with E-state index >= 15 is 0 Å². The second kappa shape index (κ2) is 5.99. The molecule has 1 atom stereocenters. The third-order valence-corrected chi connectivity index (χ3v) is 4.06. The Kier molecular flexibility index (Phi) is 4.59. The van der Waals surface area contributed by atoms with E-state index in [0.717, 1.165) is 45.4 Å². The Labute approximate surface area is 108 Å². The van der Waals surface area contributed by atoms with Crippen LogP contribution in [0.1, 0.15) is 26.2 Å². The highest BCUT2D eigenvalue weighted by atomic mass is 16.5. The lowest BCUT2D eigenvalue weighted by molar-refractivity contribution is -0.143. The highest BCUT2D eigenvalue weighted by molar-refractivity contribution is 5.83. The van der Waals surface area contributed by atoms with Gasteiger partial charge in [-0.25, -0.2) is 0 Å². The van der Waals surface area contributed by atoms with Crippen LogP contribution in [0.15, 0.2) is 0 Å². The Morgan fingerprint density at radius 3 is 2.78 bits per heavy atom. The summed E-state index contributed by atoms with van der Waals surface area (Å²) >= 11 is 0. The molecule has 2 aliphatic heterocycles. The van der Waals surface area contributed by atoms with E-state index < -0.39 is 0 Å². The van der Waals surface area contributed by atoms with E-state index in [-0.39, 0.29) is 24.0 Å². The first kappa shape index (κ1) is 13.8. The first-order chi connectivity index (χ1) is 8.65. The van der Waals surface area contributed by atoms with Gasteiger partial charge in [0.15, 0.2) is 0 Å². The van der Waals surface area contributed by atoms with Crippen molar-refractivity contribution < 1.29 is 14.6 Å². The zero-order valence-electron chi connectivity index (χ0n) is 11.2. The summed E-state index contributed by atoms with van der Waals surface area (Å²) in [7, 11) is 0. The van der Waals surface area contributed by atoms with Crippen LogP contribution >= 0.6 is 0 Å². The molecule has 18 heavy (non-hydrogen) atoms. The van der Waals surface area contributed by atoms with Crippen molar-refractivity contribution >= 4 is 5.91 Å². The lowest BCUT2D eigenvalue weighted by atomic mass is 9.87. The summed E-state index contributed by atoms with van der Waals surface area (Å²) in [5.74, 6) is 0.285. The van der Waals surface area contributed by atoms with Crippen LogP contribution in [0.25, 0.3) is 0 Å². The lowest BCUT2D eigenvalue weighted by Crippen LogP contribution is -2.48. The van der Waals surface area contributed by atoms with E-state index in [1.54, 1.807) is 0 Å². The zero-order chi connectivity index (χ0) is 13.0. The molecule has 5 nitrogen and oxygen atoms in total. The number of aliphatic hydroxyl groups is 1. The van der Waals surface area contributed by atoms with Gasteiger partial charge in [-0.3, -0.25) is 4.79 Å². The Hall–Kier alpha value is -0.650. The summed E-state index contributed by atoms with van der Waals surface area (Å²) < 4.78 is 5.51. The second-order valence-electron chi connectivity index (χ2n) is 5.57. The average Bonchev–Trinajstić information content (AvgIpc) is 2.84. The summed E-state index contributed by atoms with van der Waals surface area (Å²) in [5, 5.41) is 12.0. The Morgan fingerprint density at radius 1 is 1.50 bits per heavy atom. The number of aliphatic hydroxyl groups excluding tert-OH is 1. The van der Waals surface area contributed by atoms with Crippen molar-refractivity contribution in [2.24, 2.45) is 5.41 Å². The van der Waals surface area contributed by atoms with Crippen molar-refractivity contribution in [2.45, 2.75) is 32.3 Å². The largest absolute Gasteiger partial charge is 0.394 e. The fourth-order valence-corrected chi connectivity index (χ4v) is 2.83.